The van der Waals surface area contributed by atoms with Crippen LogP contribution in [0, 0.1) is 13.8 Å². The fraction of sp³-hybridized carbons (Fsp3) is 0.0784. The van der Waals surface area contributed by atoms with Crippen molar-refractivity contribution in [2.45, 2.75) is 13.8 Å². The number of hydrogen-bond donors (Lipinski definition) is 4. The molecule has 0 radical (unpaired) electrons. The molecule has 0 unspecified atom stereocenters. The molecule has 0 aliphatic carbocycles. The van der Waals surface area contributed by atoms with E-state index in [1.54, 1.807) is 37.2 Å². The van der Waals surface area contributed by atoms with E-state index < -0.39 is 0 Å². The van der Waals surface area contributed by atoms with Crippen molar-refractivity contribution >= 4 is 73.2 Å². The van der Waals surface area contributed by atoms with Gasteiger partial charge in [-0.3, -0.25) is 24.5 Å². The highest BCUT2D eigenvalue weighted by atomic mass is 32.1. The lowest BCUT2D eigenvalue weighted by molar-refractivity contribution is 0.101. The van der Waals surface area contributed by atoms with Crippen molar-refractivity contribution in [1.82, 2.24) is 24.9 Å². The highest BCUT2D eigenvalue weighted by Crippen LogP contribution is 2.31. The number of thiazole rings is 2. The highest BCUT2D eigenvalue weighted by Gasteiger charge is 2.13. The lowest BCUT2D eigenvalue weighted by Gasteiger charge is -2.13. The Morgan fingerprint density at radius 3 is 1.42 bits per heavy atom. The van der Waals surface area contributed by atoms with Crippen molar-refractivity contribution in [3.63, 3.8) is 0 Å². The summed E-state index contributed by atoms with van der Waals surface area (Å²) in [5, 5.41) is 18.3. The number of aryl methyl sites for hydroxylation is 2. The molecule has 2 amide bonds. The summed E-state index contributed by atoms with van der Waals surface area (Å²) in [5.41, 5.74) is 13.4. The third-order valence-corrected chi connectivity index (χ3v) is 11.7. The molecular formula is C51H44N10O2S2. The lowest BCUT2D eigenvalue weighted by Crippen LogP contribution is -2.13. The smallest absolute Gasteiger partial charge is 0.255 e. The molecule has 4 aromatic carbocycles. The highest BCUT2D eigenvalue weighted by molar-refractivity contribution is 7.14. The molecule has 14 heteroatoms. The summed E-state index contributed by atoms with van der Waals surface area (Å²) in [4.78, 5) is 49.1. The molecule has 0 bridgehead atoms. The van der Waals surface area contributed by atoms with Gasteiger partial charge in [-0.15, -0.1) is 22.7 Å². The number of aromatic nitrogens is 5. The van der Waals surface area contributed by atoms with Gasteiger partial charge in [0.15, 0.2) is 10.3 Å². The van der Waals surface area contributed by atoms with Crippen LogP contribution in [0.2, 0.25) is 0 Å². The quantitative estimate of drug-likeness (QED) is 0.0933. The zero-order valence-corrected chi connectivity index (χ0v) is 37.6. The molecule has 0 saturated heterocycles. The maximum absolute atomic E-state index is 12.8. The van der Waals surface area contributed by atoms with Gasteiger partial charge < -0.3 is 26.2 Å². The van der Waals surface area contributed by atoms with Crippen LogP contribution in [0.15, 0.2) is 169 Å². The summed E-state index contributed by atoms with van der Waals surface area (Å²) in [5.74, 6) is -0.308. The average Bonchev–Trinajstić information content (AvgIpc) is 4.02. The van der Waals surface area contributed by atoms with Crippen LogP contribution in [0.3, 0.4) is 0 Å². The van der Waals surface area contributed by atoms with E-state index in [-0.39, 0.29) is 11.8 Å². The summed E-state index contributed by atoms with van der Waals surface area (Å²) < 4.78 is 0. The Labute approximate surface area is 385 Å². The minimum atomic E-state index is -0.163. The maximum Gasteiger partial charge on any atom is 0.255 e. The number of benzene rings is 4. The Morgan fingerprint density at radius 2 is 0.969 bits per heavy atom. The largest absolute Gasteiger partial charge is 0.378 e. The molecule has 322 valence electrons. The standard InChI is InChI=1S/C27H21N5OS.C24H23N5OS/c1-18-4-9-23(15-24(18)31-27-32-25(17-34-27)22-3-2-12-29-16-22)30-26(33)21-7-5-19(6-8-21)20-10-13-28-14-11-20;1-16-6-9-19(26-23(30)17-7-10-20(11-8-17)29(2)3)13-21(16)27-24-28-22(15-31-24)18-5-4-12-25-14-18/h2-17H,1H3,(H,30,33)(H,31,32);4-15H,1-3H3,(H,26,30)(H,27,28). The van der Waals surface area contributed by atoms with Crippen LogP contribution < -0.4 is 26.2 Å². The molecular weight excluding hydrogens is 849 g/mol. The van der Waals surface area contributed by atoms with E-state index in [2.05, 4.69) is 46.2 Å². The number of nitrogens with zero attached hydrogens (tertiary/aromatic N) is 6. The van der Waals surface area contributed by atoms with Crippen molar-refractivity contribution < 1.29 is 9.59 Å². The molecule has 0 saturated carbocycles. The molecule has 5 aromatic heterocycles. The molecule has 0 aliphatic heterocycles. The molecule has 0 atom stereocenters. The molecule has 4 N–H and O–H groups in total. The molecule has 65 heavy (non-hydrogen) atoms. The Bertz CT molecular complexity index is 3010. The third-order valence-electron chi connectivity index (χ3n) is 10.2. The summed E-state index contributed by atoms with van der Waals surface area (Å²) in [6, 6.07) is 38.3. The monoisotopic (exact) mass is 892 g/mol. The van der Waals surface area contributed by atoms with E-state index in [0.717, 1.165) is 77.8 Å². The predicted octanol–water partition coefficient (Wildman–Crippen LogP) is 12.1. The van der Waals surface area contributed by atoms with Gasteiger partial charge >= 0.3 is 0 Å². The summed E-state index contributed by atoms with van der Waals surface area (Å²) in [6.45, 7) is 4.03. The van der Waals surface area contributed by atoms with Crippen LogP contribution in [-0.4, -0.2) is 50.8 Å². The molecule has 12 nitrogen and oxygen atoms in total. The topological polar surface area (TPSA) is 150 Å². The van der Waals surface area contributed by atoms with Gasteiger partial charge in [0.2, 0.25) is 0 Å². The van der Waals surface area contributed by atoms with Gasteiger partial charge in [-0.1, -0.05) is 24.3 Å². The number of pyridine rings is 3. The number of rotatable bonds is 12. The Hall–Kier alpha value is -8.07. The maximum atomic E-state index is 12.8. The first kappa shape index (κ1) is 43.6. The first-order valence-electron chi connectivity index (χ1n) is 20.5. The Kier molecular flexibility index (Phi) is 13.7. The second-order valence-corrected chi connectivity index (χ2v) is 16.7. The average molecular weight is 893 g/mol. The van der Waals surface area contributed by atoms with Gasteiger partial charge in [0.25, 0.3) is 11.8 Å². The SMILES string of the molecule is Cc1ccc(NC(=O)c2ccc(-c3ccncc3)cc2)cc1Nc1nc(-c2cccnc2)cs1.Cc1ccc(NC(=O)c2ccc(N(C)C)cc2)cc1Nc1nc(-c2cccnc2)cs1. The van der Waals surface area contributed by atoms with Gasteiger partial charge in [-0.2, -0.15) is 0 Å². The van der Waals surface area contributed by atoms with Gasteiger partial charge in [-0.05, 0) is 133 Å². The number of anilines is 7. The Morgan fingerprint density at radius 1 is 0.508 bits per heavy atom. The van der Waals surface area contributed by atoms with Crippen LogP contribution in [0.1, 0.15) is 31.8 Å². The summed E-state index contributed by atoms with van der Waals surface area (Å²) >= 11 is 3.05. The van der Waals surface area contributed by atoms with Crippen LogP contribution in [-0.2, 0) is 0 Å². The molecule has 9 rings (SSSR count). The second kappa shape index (κ2) is 20.4. The molecule has 5 heterocycles. The van der Waals surface area contributed by atoms with Crippen molar-refractivity contribution in [2.75, 3.05) is 40.3 Å². The fourth-order valence-corrected chi connectivity index (χ4v) is 8.00. The molecule has 9 aromatic rings. The van der Waals surface area contributed by atoms with E-state index in [1.165, 1.54) is 22.7 Å². The number of amides is 2. The summed E-state index contributed by atoms with van der Waals surface area (Å²) in [6.07, 6.45) is 10.6. The minimum absolute atomic E-state index is 0.145. The number of hydrogen-bond acceptors (Lipinski definition) is 12. The summed E-state index contributed by atoms with van der Waals surface area (Å²) in [7, 11) is 3.94. The van der Waals surface area contributed by atoms with E-state index >= 15 is 0 Å². The van der Waals surface area contributed by atoms with Crippen molar-refractivity contribution in [2.24, 2.45) is 0 Å². The van der Waals surface area contributed by atoms with Crippen LogP contribution >= 0.6 is 22.7 Å². The third kappa shape index (κ3) is 11.3. The van der Waals surface area contributed by atoms with E-state index in [0.29, 0.717) is 16.8 Å². The molecule has 0 spiro atoms. The zero-order valence-electron chi connectivity index (χ0n) is 36.0. The van der Waals surface area contributed by atoms with Crippen molar-refractivity contribution in [3.8, 4) is 33.6 Å². The van der Waals surface area contributed by atoms with E-state index in [9.17, 15) is 9.59 Å². The zero-order chi connectivity index (χ0) is 45.1. The van der Waals surface area contributed by atoms with Crippen molar-refractivity contribution in [3.05, 3.63) is 192 Å². The molecule has 0 aliphatic rings. The minimum Gasteiger partial charge on any atom is -0.378 e. The first-order valence-corrected chi connectivity index (χ1v) is 22.3. The van der Waals surface area contributed by atoms with Crippen molar-refractivity contribution in [1.29, 1.82) is 0 Å². The van der Waals surface area contributed by atoms with Crippen LogP contribution in [0.5, 0.6) is 0 Å². The number of nitrogens with one attached hydrogen (secondary N) is 4. The van der Waals surface area contributed by atoms with Gasteiger partial charge in [0, 0.05) is 113 Å². The van der Waals surface area contributed by atoms with E-state index in [1.807, 2.05) is 165 Å². The number of carbonyl (C=O) groups is 2. The first-order chi connectivity index (χ1) is 31.6. The van der Waals surface area contributed by atoms with Gasteiger partial charge in [-0.25, -0.2) is 9.97 Å². The normalized spacial score (nSPS) is 10.6. The lowest BCUT2D eigenvalue weighted by atomic mass is 10.0. The van der Waals surface area contributed by atoms with Gasteiger partial charge in [0.1, 0.15) is 0 Å². The molecule has 0 fully saturated rings. The Balaban J connectivity index is 0.000000178. The van der Waals surface area contributed by atoms with Crippen LogP contribution in [0.4, 0.5) is 38.7 Å². The second-order valence-electron chi connectivity index (χ2n) is 15.0. The van der Waals surface area contributed by atoms with Crippen LogP contribution in [0.25, 0.3) is 33.6 Å². The predicted molar refractivity (Wildman–Crippen MR) is 266 cm³/mol. The van der Waals surface area contributed by atoms with E-state index in [4.69, 9.17) is 0 Å². The number of carbonyl (C=O) groups excluding carboxylic acids is 2. The fourth-order valence-electron chi connectivity index (χ4n) is 6.53. The van der Waals surface area contributed by atoms with Gasteiger partial charge in [0.05, 0.1) is 11.4 Å².